The fourth-order valence-corrected chi connectivity index (χ4v) is 8.01. The van der Waals surface area contributed by atoms with Crippen molar-refractivity contribution in [3.63, 3.8) is 0 Å². The van der Waals surface area contributed by atoms with Crippen LogP contribution in [0, 0.1) is 0 Å². The van der Waals surface area contributed by atoms with E-state index in [4.69, 9.17) is 4.98 Å². The number of nitrogens with zero attached hydrogens (tertiary/aromatic N) is 5. The van der Waals surface area contributed by atoms with Crippen LogP contribution in [-0.4, -0.2) is 71.7 Å². The highest BCUT2D eigenvalue weighted by Crippen LogP contribution is 2.41. The van der Waals surface area contributed by atoms with Crippen molar-refractivity contribution < 1.29 is 0 Å². The Morgan fingerprint density at radius 1 is 1.13 bits per heavy atom. The Morgan fingerprint density at radius 2 is 1.85 bits per heavy atom. The predicted molar refractivity (Wildman–Crippen MR) is 164 cm³/mol. The molecule has 1 aromatic carbocycles. The first-order valence-electron chi connectivity index (χ1n) is 14.8. The summed E-state index contributed by atoms with van der Waals surface area (Å²) in [5.74, 6) is 0.926. The highest BCUT2D eigenvalue weighted by molar-refractivity contribution is 7.10. The highest BCUT2D eigenvalue weighted by atomic mass is 32.1. The second-order valence-corrected chi connectivity index (χ2v) is 12.8. The number of rotatable bonds is 8. The van der Waals surface area contributed by atoms with Crippen molar-refractivity contribution in [3.8, 4) is 0 Å². The molecule has 212 valence electrons. The van der Waals surface area contributed by atoms with Crippen molar-refractivity contribution in [3.05, 3.63) is 56.8 Å². The monoisotopic (exact) mass is 550 g/mol. The molecule has 3 unspecified atom stereocenters. The minimum atomic E-state index is 0.0835. The molecule has 0 aliphatic carbocycles. The van der Waals surface area contributed by atoms with E-state index in [1.54, 1.807) is 0 Å². The third-order valence-corrected chi connectivity index (χ3v) is 10.0. The quantitative estimate of drug-likeness (QED) is 0.423. The van der Waals surface area contributed by atoms with E-state index in [2.05, 4.69) is 97.5 Å². The van der Waals surface area contributed by atoms with Gasteiger partial charge >= 0.3 is 0 Å². The molecule has 0 amide bonds. The van der Waals surface area contributed by atoms with Gasteiger partial charge in [-0.2, -0.15) is 0 Å². The molecule has 39 heavy (non-hydrogen) atoms. The van der Waals surface area contributed by atoms with Gasteiger partial charge in [-0.15, -0.1) is 11.3 Å². The summed E-state index contributed by atoms with van der Waals surface area (Å²) in [5, 5.41) is 6.57. The summed E-state index contributed by atoms with van der Waals surface area (Å²) in [6.45, 7) is 13.3. The topological polar surface area (TPSA) is 56.6 Å². The summed E-state index contributed by atoms with van der Waals surface area (Å²) in [6.07, 6.45) is 4.19. The maximum absolute atomic E-state index is 14.0. The molecule has 8 heteroatoms. The lowest BCUT2D eigenvalue weighted by Crippen LogP contribution is -2.55. The van der Waals surface area contributed by atoms with Crippen molar-refractivity contribution in [1.82, 2.24) is 24.7 Å². The number of piperidine rings is 1. The average Bonchev–Trinajstić information content (AvgIpc) is 3.47. The molecule has 2 saturated heterocycles. The molecular formula is C31H46N6OS. The first kappa shape index (κ1) is 28.3. The van der Waals surface area contributed by atoms with Crippen LogP contribution in [0.1, 0.15) is 70.1 Å². The Labute approximate surface area is 237 Å². The fraction of sp³-hybridized carbons (Fsp3) is 0.613. The lowest BCUT2D eigenvalue weighted by molar-refractivity contribution is 0.109. The molecule has 0 bridgehead atoms. The Kier molecular flexibility index (Phi) is 8.48. The molecule has 4 heterocycles. The summed E-state index contributed by atoms with van der Waals surface area (Å²) >= 11 is 1.86. The fourth-order valence-electron chi connectivity index (χ4n) is 6.95. The summed E-state index contributed by atoms with van der Waals surface area (Å²) in [7, 11) is 4.41. The lowest BCUT2D eigenvalue weighted by atomic mass is 9.84. The maximum Gasteiger partial charge on any atom is 0.261 e. The molecular weight excluding hydrogens is 504 g/mol. The summed E-state index contributed by atoms with van der Waals surface area (Å²) < 4.78 is 1.94. The Balaban J connectivity index is 1.46. The minimum Gasteiger partial charge on any atom is -0.371 e. The van der Waals surface area contributed by atoms with Crippen molar-refractivity contribution in [1.29, 1.82) is 0 Å². The van der Waals surface area contributed by atoms with Gasteiger partial charge in [-0.05, 0) is 83.8 Å². The molecule has 0 saturated carbocycles. The van der Waals surface area contributed by atoms with Crippen LogP contribution < -0.4 is 15.8 Å². The number of piperazine rings is 1. The largest absolute Gasteiger partial charge is 0.371 e. The summed E-state index contributed by atoms with van der Waals surface area (Å²) in [6, 6.07) is 11.8. The van der Waals surface area contributed by atoms with Gasteiger partial charge in [0, 0.05) is 55.4 Å². The van der Waals surface area contributed by atoms with E-state index < -0.39 is 0 Å². The number of fused-ring (bicyclic) bond motifs is 1. The number of anilines is 1. The number of hydrogen-bond acceptors (Lipinski definition) is 7. The first-order valence-corrected chi connectivity index (χ1v) is 15.7. The third-order valence-electron chi connectivity index (χ3n) is 8.96. The Bertz CT molecular complexity index is 1300. The molecule has 2 aromatic heterocycles. The third kappa shape index (κ3) is 5.41. The van der Waals surface area contributed by atoms with Gasteiger partial charge in [0.2, 0.25) is 0 Å². The SMILES string of the molecule is CCCC(c1nc2ccc(N3CCC(c4cccs4)(N(C)C)CC3)cc2c(=O)n1CC)N1CC(C)NC(C)C1. The second-order valence-electron chi connectivity index (χ2n) is 11.8. The van der Waals surface area contributed by atoms with Crippen LogP contribution in [0.5, 0.6) is 0 Å². The first-order chi connectivity index (χ1) is 18.8. The highest BCUT2D eigenvalue weighted by Gasteiger charge is 2.39. The van der Waals surface area contributed by atoms with Crippen molar-refractivity contribution in [2.75, 3.05) is 45.2 Å². The molecule has 1 N–H and O–H groups in total. The van der Waals surface area contributed by atoms with E-state index in [-0.39, 0.29) is 17.1 Å². The molecule has 7 nitrogen and oxygen atoms in total. The zero-order valence-electron chi connectivity index (χ0n) is 24.6. The van der Waals surface area contributed by atoms with E-state index >= 15 is 0 Å². The van der Waals surface area contributed by atoms with Crippen LogP contribution in [0.2, 0.25) is 0 Å². The minimum absolute atomic E-state index is 0.0835. The molecule has 5 rings (SSSR count). The van der Waals surface area contributed by atoms with Crippen LogP contribution in [0.4, 0.5) is 5.69 Å². The predicted octanol–water partition coefficient (Wildman–Crippen LogP) is 5.06. The normalized spacial score (nSPS) is 23.0. The van der Waals surface area contributed by atoms with Crippen molar-refractivity contribution in [2.45, 2.75) is 83.6 Å². The van der Waals surface area contributed by atoms with Gasteiger partial charge in [-0.25, -0.2) is 4.98 Å². The van der Waals surface area contributed by atoms with Gasteiger partial charge in [-0.1, -0.05) is 19.4 Å². The van der Waals surface area contributed by atoms with E-state index in [1.165, 1.54) is 4.88 Å². The zero-order chi connectivity index (χ0) is 27.7. The van der Waals surface area contributed by atoms with E-state index in [0.717, 1.165) is 74.3 Å². The van der Waals surface area contributed by atoms with Gasteiger partial charge < -0.3 is 10.2 Å². The molecule has 3 aromatic rings. The van der Waals surface area contributed by atoms with Crippen molar-refractivity contribution in [2.24, 2.45) is 0 Å². The van der Waals surface area contributed by atoms with Crippen LogP contribution in [-0.2, 0) is 12.1 Å². The number of nitrogens with one attached hydrogen (secondary N) is 1. The van der Waals surface area contributed by atoms with Crippen LogP contribution in [0.15, 0.2) is 40.5 Å². The van der Waals surface area contributed by atoms with Crippen LogP contribution >= 0.6 is 11.3 Å². The number of hydrogen-bond donors (Lipinski definition) is 1. The summed E-state index contributed by atoms with van der Waals surface area (Å²) in [4.78, 5) is 28.0. The second kappa shape index (κ2) is 11.7. The van der Waals surface area contributed by atoms with E-state index in [0.29, 0.717) is 18.6 Å². The smallest absolute Gasteiger partial charge is 0.261 e. The van der Waals surface area contributed by atoms with Crippen molar-refractivity contribution >= 4 is 27.9 Å². The average molecular weight is 551 g/mol. The number of aromatic nitrogens is 2. The lowest BCUT2D eigenvalue weighted by Gasteiger charge is -2.46. The Morgan fingerprint density at radius 3 is 2.44 bits per heavy atom. The summed E-state index contributed by atoms with van der Waals surface area (Å²) in [5.41, 5.74) is 2.12. The standard InChI is InChI=1S/C31H46N6OS/c1-7-10-27(36-20-22(3)32-23(4)21-36)29-33-26-13-12-24(19-25(26)30(38)37(29)8-2)35-16-14-31(15-17-35,34(5)6)28-11-9-18-39-28/h9,11-13,18-19,22-23,27,32H,7-8,10,14-17,20-21H2,1-6H3. The zero-order valence-corrected chi connectivity index (χ0v) is 25.4. The molecule has 0 spiro atoms. The molecule has 3 atom stereocenters. The Hall–Kier alpha value is -2.26. The van der Waals surface area contributed by atoms with Gasteiger partial charge in [0.1, 0.15) is 5.82 Å². The van der Waals surface area contributed by atoms with E-state index in [1.807, 2.05) is 15.9 Å². The van der Waals surface area contributed by atoms with Crippen LogP contribution in [0.3, 0.4) is 0 Å². The van der Waals surface area contributed by atoms with Crippen LogP contribution in [0.25, 0.3) is 10.9 Å². The van der Waals surface area contributed by atoms with Gasteiger partial charge in [0.25, 0.3) is 5.56 Å². The molecule has 2 fully saturated rings. The van der Waals surface area contributed by atoms with Gasteiger partial charge in [0.05, 0.1) is 22.5 Å². The molecule has 2 aliphatic heterocycles. The van der Waals surface area contributed by atoms with Gasteiger partial charge in [0.15, 0.2) is 0 Å². The molecule has 2 aliphatic rings. The maximum atomic E-state index is 14.0. The number of benzene rings is 1. The number of thiophene rings is 1. The van der Waals surface area contributed by atoms with Gasteiger partial charge in [-0.3, -0.25) is 19.2 Å². The molecule has 0 radical (unpaired) electrons. The van der Waals surface area contributed by atoms with E-state index in [9.17, 15) is 4.79 Å².